The van der Waals surface area contributed by atoms with E-state index in [1.54, 1.807) is 0 Å². The second-order valence-electron chi connectivity index (χ2n) is 13.7. The lowest BCUT2D eigenvalue weighted by atomic mass is 9.83. The standard InChI is InChI=1S/C45H36F6N2O12/c1-60-38-19-25(4-16-36(38)62-41(56)27-7-12-33(13-8-27)64-44(46,47)48)3-11-32(54)24-35(29-21-30(52)23-31(53)22-29)43(58,59)40(55)18-6-26-5-17-37(39(20-26)61-2)63-42(57)28-9-14-34(15-10-28)65-45(49,50)51/h3-23,35,58-59H,24,52-53H2,1-2H3. The van der Waals surface area contributed by atoms with E-state index in [1.165, 1.54) is 81.0 Å². The molecule has 0 spiro atoms. The summed E-state index contributed by atoms with van der Waals surface area (Å²) in [7, 11) is 2.51. The van der Waals surface area contributed by atoms with Crippen molar-refractivity contribution in [3.63, 3.8) is 0 Å². The highest BCUT2D eigenvalue weighted by atomic mass is 19.4. The first-order valence-electron chi connectivity index (χ1n) is 18.6. The molecule has 6 N–H and O–H groups in total. The molecule has 0 saturated heterocycles. The maximum Gasteiger partial charge on any atom is 0.573 e. The van der Waals surface area contributed by atoms with Crippen molar-refractivity contribution in [3.8, 4) is 34.5 Å². The molecule has 0 aliphatic heterocycles. The molecule has 5 rings (SSSR count). The normalized spacial score (nSPS) is 12.4. The van der Waals surface area contributed by atoms with Crippen LogP contribution in [0.5, 0.6) is 34.5 Å². The van der Waals surface area contributed by atoms with E-state index >= 15 is 0 Å². The average Bonchev–Trinajstić information content (AvgIpc) is 3.23. The molecule has 0 aromatic heterocycles. The van der Waals surface area contributed by atoms with Gasteiger partial charge in [-0.05, 0) is 120 Å². The highest BCUT2D eigenvalue weighted by Gasteiger charge is 2.43. The van der Waals surface area contributed by atoms with E-state index in [2.05, 4.69) is 9.47 Å². The summed E-state index contributed by atoms with van der Waals surface area (Å²) in [6.45, 7) is 0. The number of ketones is 2. The number of halogens is 6. The lowest BCUT2D eigenvalue weighted by Gasteiger charge is -2.29. The molecule has 1 unspecified atom stereocenters. The first-order chi connectivity index (χ1) is 30.5. The van der Waals surface area contributed by atoms with Crippen LogP contribution in [0.15, 0.2) is 115 Å². The fraction of sp³-hybridized carbons (Fsp3) is 0.156. The van der Waals surface area contributed by atoms with Gasteiger partial charge < -0.3 is 50.1 Å². The van der Waals surface area contributed by atoms with Crippen molar-refractivity contribution in [1.29, 1.82) is 0 Å². The number of benzene rings is 5. The first-order valence-corrected chi connectivity index (χ1v) is 18.6. The van der Waals surface area contributed by atoms with E-state index in [0.717, 1.165) is 60.7 Å². The zero-order chi connectivity index (χ0) is 47.7. The Hall–Kier alpha value is -7.84. The van der Waals surface area contributed by atoms with Crippen LogP contribution >= 0.6 is 0 Å². The molecule has 1 atom stereocenters. The Bertz CT molecular complexity index is 2590. The number of nitrogens with two attached hydrogens (primary N) is 2. The molecule has 0 saturated carbocycles. The van der Waals surface area contributed by atoms with Gasteiger partial charge in [0.2, 0.25) is 11.6 Å². The van der Waals surface area contributed by atoms with Crippen LogP contribution in [-0.2, 0) is 9.59 Å². The van der Waals surface area contributed by atoms with Crippen LogP contribution in [0, 0.1) is 0 Å². The van der Waals surface area contributed by atoms with Crippen molar-refractivity contribution in [3.05, 3.63) is 143 Å². The predicted molar refractivity (Wildman–Crippen MR) is 220 cm³/mol. The number of hydrogen-bond donors (Lipinski definition) is 4. The molecule has 14 nitrogen and oxygen atoms in total. The molecule has 0 bridgehead atoms. The molecule has 0 fully saturated rings. The molecular weight excluding hydrogens is 874 g/mol. The highest BCUT2D eigenvalue weighted by molar-refractivity contribution is 6.01. The summed E-state index contributed by atoms with van der Waals surface area (Å²) in [5.74, 6) is -9.99. The zero-order valence-electron chi connectivity index (χ0n) is 33.8. The number of nitrogen functional groups attached to an aromatic ring is 2. The average molecular weight is 911 g/mol. The highest BCUT2D eigenvalue weighted by Crippen LogP contribution is 2.36. The monoisotopic (exact) mass is 910 g/mol. The van der Waals surface area contributed by atoms with Gasteiger partial charge >= 0.3 is 24.7 Å². The topological polar surface area (TPSA) is 216 Å². The van der Waals surface area contributed by atoms with Crippen molar-refractivity contribution >= 4 is 47.0 Å². The van der Waals surface area contributed by atoms with Gasteiger partial charge in [-0.25, -0.2) is 9.59 Å². The van der Waals surface area contributed by atoms with Gasteiger partial charge in [0.05, 0.1) is 31.3 Å². The summed E-state index contributed by atoms with van der Waals surface area (Å²) in [4.78, 5) is 52.3. The number of hydrogen-bond acceptors (Lipinski definition) is 14. The van der Waals surface area contributed by atoms with Crippen molar-refractivity contribution in [2.24, 2.45) is 0 Å². The summed E-state index contributed by atoms with van der Waals surface area (Å²) < 4.78 is 104. The quantitative estimate of drug-likeness (QED) is 0.0175. The molecule has 0 aliphatic rings. The summed E-state index contributed by atoms with van der Waals surface area (Å²) >= 11 is 0. The molecule has 20 heteroatoms. The third kappa shape index (κ3) is 13.6. The Morgan fingerprint density at radius 2 is 1.00 bits per heavy atom. The zero-order valence-corrected chi connectivity index (χ0v) is 33.8. The number of aliphatic hydroxyl groups is 2. The van der Waals surface area contributed by atoms with Gasteiger partial charge in [-0.15, -0.1) is 26.3 Å². The number of carbonyl (C=O) groups is 4. The number of rotatable bonds is 17. The number of carbonyl (C=O) groups excluding carboxylic acids is 4. The van der Waals surface area contributed by atoms with Crippen molar-refractivity contribution < 1.29 is 84.2 Å². The number of methoxy groups -OCH3 is 2. The molecule has 65 heavy (non-hydrogen) atoms. The maximum absolute atomic E-state index is 13.5. The lowest BCUT2D eigenvalue weighted by molar-refractivity contribution is -0.275. The summed E-state index contributed by atoms with van der Waals surface area (Å²) in [5.41, 5.74) is 12.5. The third-order valence-electron chi connectivity index (χ3n) is 8.97. The maximum atomic E-state index is 13.5. The van der Waals surface area contributed by atoms with Gasteiger partial charge in [-0.3, -0.25) is 9.59 Å². The minimum absolute atomic E-state index is 0.0184. The second-order valence-corrected chi connectivity index (χ2v) is 13.7. The Kier molecular flexibility index (Phi) is 14.9. The Labute approximate surface area is 364 Å². The van der Waals surface area contributed by atoms with Gasteiger partial charge in [0.15, 0.2) is 28.8 Å². The number of anilines is 2. The molecule has 0 amide bonds. The summed E-state index contributed by atoms with van der Waals surface area (Å²) in [6.07, 6.45) is -6.10. The molecular formula is C45H36F6N2O12. The van der Waals surface area contributed by atoms with Crippen LogP contribution in [0.25, 0.3) is 12.2 Å². The fourth-order valence-corrected chi connectivity index (χ4v) is 5.97. The van der Waals surface area contributed by atoms with Gasteiger partial charge in [-0.1, -0.05) is 24.3 Å². The van der Waals surface area contributed by atoms with E-state index in [0.29, 0.717) is 5.56 Å². The Morgan fingerprint density at radius 1 is 0.585 bits per heavy atom. The first kappa shape index (κ1) is 48.2. The third-order valence-corrected chi connectivity index (χ3v) is 8.97. The largest absolute Gasteiger partial charge is 0.573 e. The lowest BCUT2D eigenvalue weighted by Crippen LogP contribution is -2.44. The van der Waals surface area contributed by atoms with Crippen LogP contribution < -0.4 is 39.9 Å². The van der Waals surface area contributed by atoms with E-state index in [-0.39, 0.29) is 56.6 Å². The van der Waals surface area contributed by atoms with Crippen molar-refractivity contribution in [2.75, 3.05) is 25.7 Å². The molecule has 5 aromatic rings. The van der Waals surface area contributed by atoms with E-state index in [9.17, 15) is 55.7 Å². The summed E-state index contributed by atoms with van der Waals surface area (Å²) in [5, 5.41) is 22.7. The van der Waals surface area contributed by atoms with Crippen molar-refractivity contribution in [2.45, 2.75) is 30.9 Å². The Morgan fingerprint density at radius 3 is 1.40 bits per heavy atom. The molecule has 0 radical (unpaired) electrons. The van der Waals surface area contributed by atoms with Crippen molar-refractivity contribution in [1.82, 2.24) is 0 Å². The molecule has 0 aliphatic carbocycles. The second kappa shape index (κ2) is 20.1. The number of alkyl halides is 6. The Balaban J connectivity index is 1.29. The van der Waals surface area contributed by atoms with Crippen LogP contribution in [0.1, 0.15) is 49.7 Å². The predicted octanol–water partition coefficient (Wildman–Crippen LogP) is 7.82. The van der Waals surface area contributed by atoms with Crippen LogP contribution in [0.3, 0.4) is 0 Å². The number of esters is 2. The minimum Gasteiger partial charge on any atom is -0.493 e. The van der Waals surface area contributed by atoms with Crippen LogP contribution in [-0.4, -0.2) is 66.4 Å². The SMILES string of the molecule is COc1cc(C=CC(=O)CC(c2cc(N)cc(N)c2)C(O)(O)C(=O)C=Cc2ccc(OC(=O)c3ccc(OC(F)(F)F)cc3)c(OC)c2)ccc1OC(=O)c1ccc(OC(F)(F)F)cc1. The van der Waals surface area contributed by atoms with Gasteiger partial charge in [0.25, 0.3) is 0 Å². The van der Waals surface area contributed by atoms with Gasteiger partial charge in [0.1, 0.15) is 11.5 Å². The van der Waals surface area contributed by atoms with E-state index in [1.807, 2.05) is 0 Å². The molecule has 0 heterocycles. The smallest absolute Gasteiger partial charge is 0.493 e. The fourth-order valence-electron chi connectivity index (χ4n) is 5.97. The van der Waals surface area contributed by atoms with E-state index < -0.39 is 65.9 Å². The van der Waals surface area contributed by atoms with Gasteiger partial charge in [-0.2, -0.15) is 0 Å². The van der Waals surface area contributed by atoms with Crippen LogP contribution in [0.2, 0.25) is 0 Å². The van der Waals surface area contributed by atoms with Gasteiger partial charge in [0, 0.05) is 17.8 Å². The minimum atomic E-state index is -4.93. The molecule has 340 valence electrons. The number of ether oxygens (including phenoxy) is 6. The number of allylic oxidation sites excluding steroid dienone is 1. The molecule has 5 aromatic carbocycles. The van der Waals surface area contributed by atoms with E-state index in [4.69, 9.17) is 30.4 Å². The summed E-state index contributed by atoms with van der Waals surface area (Å²) in [6, 6.07) is 20.1. The van der Waals surface area contributed by atoms with Crippen LogP contribution in [0.4, 0.5) is 37.7 Å².